The van der Waals surface area contributed by atoms with Crippen LogP contribution in [0.4, 0.5) is 5.95 Å². The van der Waals surface area contributed by atoms with E-state index >= 15 is 0 Å². The second kappa shape index (κ2) is 4.01. The third-order valence-electron chi connectivity index (χ3n) is 3.62. The average molecular weight is 244 g/mol. The van der Waals surface area contributed by atoms with Gasteiger partial charge >= 0.3 is 0 Å². The van der Waals surface area contributed by atoms with Crippen LogP contribution >= 0.6 is 0 Å². The molecular weight excluding hydrogens is 228 g/mol. The molecule has 2 atom stereocenters. The van der Waals surface area contributed by atoms with Crippen LogP contribution in [-0.2, 0) is 13.0 Å². The van der Waals surface area contributed by atoms with Gasteiger partial charge in [-0.1, -0.05) is 19.1 Å². The summed E-state index contributed by atoms with van der Waals surface area (Å²) in [7, 11) is 0. The smallest absolute Gasteiger partial charge is 0.239 e. The van der Waals surface area contributed by atoms with Crippen molar-refractivity contribution >= 4 is 5.95 Å². The van der Waals surface area contributed by atoms with Crippen molar-refractivity contribution in [1.82, 2.24) is 14.8 Å². The van der Waals surface area contributed by atoms with Gasteiger partial charge in [-0.25, -0.2) is 4.68 Å². The van der Waals surface area contributed by atoms with Crippen molar-refractivity contribution < 1.29 is 5.11 Å². The monoisotopic (exact) mass is 244 g/mol. The highest BCUT2D eigenvalue weighted by Crippen LogP contribution is 2.34. The summed E-state index contributed by atoms with van der Waals surface area (Å²) in [5.74, 6) is 2.40. The van der Waals surface area contributed by atoms with Crippen molar-refractivity contribution in [2.45, 2.75) is 25.8 Å². The Balaban J connectivity index is 1.95. The summed E-state index contributed by atoms with van der Waals surface area (Å²) in [6.45, 7) is 2.97. The molecule has 18 heavy (non-hydrogen) atoms. The number of phenols is 1. The SMILES string of the molecule is CC1Cc2nc(N)nn2CC1c1cccc(O)c1. The Morgan fingerprint density at radius 3 is 3.06 bits per heavy atom. The van der Waals surface area contributed by atoms with Gasteiger partial charge in [-0.05, 0) is 23.6 Å². The first-order valence-electron chi connectivity index (χ1n) is 6.11. The van der Waals surface area contributed by atoms with Crippen LogP contribution in [0.25, 0.3) is 0 Å². The van der Waals surface area contributed by atoms with Gasteiger partial charge in [-0.3, -0.25) is 0 Å². The van der Waals surface area contributed by atoms with Crippen LogP contribution in [0, 0.1) is 5.92 Å². The molecule has 5 heteroatoms. The normalized spacial score (nSPS) is 22.7. The number of nitrogen functional groups attached to an aromatic ring is 1. The lowest BCUT2D eigenvalue weighted by Crippen LogP contribution is -2.27. The minimum absolute atomic E-state index is 0.309. The molecular formula is C13H16N4O. The standard InChI is InChI=1S/C13H16N4O/c1-8-5-12-15-13(14)16-17(12)7-11(8)9-3-2-4-10(18)6-9/h2-4,6,8,11,18H,5,7H2,1H3,(H2,14,16). The van der Waals surface area contributed by atoms with Crippen molar-refractivity contribution in [1.29, 1.82) is 0 Å². The number of aromatic hydroxyl groups is 1. The predicted molar refractivity (Wildman–Crippen MR) is 68.2 cm³/mol. The van der Waals surface area contributed by atoms with Crippen LogP contribution in [0.5, 0.6) is 5.75 Å². The second-order valence-corrected chi connectivity index (χ2v) is 4.95. The summed E-state index contributed by atoms with van der Waals surface area (Å²) in [5.41, 5.74) is 6.77. The molecule has 0 saturated carbocycles. The third-order valence-corrected chi connectivity index (χ3v) is 3.62. The van der Waals surface area contributed by atoms with Gasteiger partial charge in [0.15, 0.2) is 0 Å². The van der Waals surface area contributed by atoms with Gasteiger partial charge in [0, 0.05) is 12.3 Å². The molecule has 0 radical (unpaired) electrons. The number of nitrogens with zero attached hydrogens (tertiary/aromatic N) is 3. The molecule has 5 nitrogen and oxygen atoms in total. The fraction of sp³-hybridized carbons (Fsp3) is 0.385. The second-order valence-electron chi connectivity index (χ2n) is 4.95. The summed E-state index contributed by atoms with van der Waals surface area (Å²) < 4.78 is 1.88. The molecule has 3 rings (SSSR count). The number of benzene rings is 1. The number of hydrogen-bond donors (Lipinski definition) is 2. The molecule has 0 spiro atoms. The highest BCUT2D eigenvalue weighted by molar-refractivity contribution is 5.31. The van der Waals surface area contributed by atoms with Gasteiger partial charge in [0.25, 0.3) is 0 Å². The number of aromatic nitrogens is 3. The molecule has 1 aromatic heterocycles. The summed E-state index contributed by atoms with van der Waals surface area (Å²) >= 11 is 0. The molecule has 1 aliphatic heterocycles. The van der Waals surface area contributed by atoms with Crippen LogP contribution in [0.1, 0.15) is 24.2 Å². The van der Waals surface area contributed by atoms with E-state index in [-0.39, 0.29) is 0 Å². The number of rotatable bonds is 1. The number of hydrogen-bond acceptors (Lipinski definition) is 4. The fourth-order valence-electron chi connectivity index (χ4n) is 2.68. The topological polar surface area (TPSA) is 77.0 Å². The quantitative estimate of drug-likeness (QED) is 0.797. The highest BCUT2D eigenvalue weighted by Gasteiger charge is 2.28. The molecule has 0 bridgehead atoms. The molecule has 2 unspecified atom stereocenters. The number of nitrogens with two attached hydrogens (primary N) is 1. The number of anilines is 1. The summed E-state index contributed by atoms with van der Waals surface area (Å²) in [4.78, 5) is 4.23. The van der Waals surface area contributed by atoms with Gasteiger partial charge in [-0.15, -0.1) is 5.10 Å². The first-order chi connectivity index (χ1) is 8.63. The lowest BCUT2D eigenvalue weighted by atomic mass is 9.83. The Bertz CT molecular complexity index is 578. The minimum Gasteiger partial charge on any atom is -0.508 e. The largest absolute Gasteiger partial charge is 0.508 e. The lowest BCUT2D eigenvalue weighted by molar-refractivity contribution is 0.329. The maximum absolute atomic E-state index is 9.57. The van der Waals surface area contributed by atoms with E-state index in [2.05, 4.69) is 17.0 Å². The summed E-state index contributed by atoms with van der Waals surface area (Å²) in [5, 5.41) is 13.8. The third kappa shape index (κ3) is 1.81. The number of phenolic OH excluding ortho intramolecular Hbond substituents is 1. The zero-order valence-electron chi connectivity index (χ0n) is 10.2. The Hall–Kier alpha value is -2.04. The molecule has 1 aliphatic rings. The molecule has 2 heterocycles. The maximum Gasteiger partial charge on any atom is 0.239 e. The molecule has 1 aromatic carbocycles. The van der Waals surface area contributed by atoms with Gasteiger partial charge in [0.2, 0.25) is 5.95 Å². The molecule has 2 aromatic rings. The maximum atomic E-state index is 9.57. The zero-order chi connectivity index (χ0) is 12.7. The molecule has 0 saturated heterocycles. The van der Waals surface area contributed by atoms with Crippen LogP contribution in [0.2, 0.25) is 0 Å². The van der Waals surface area contributed by atoms with E-state index in [0.717, 1.165) is 24.4 Å². The van der Waals surface area contributed by atoms with Crippen molar-refractivity contribution in [3.05, 3.63) is 35.7 Å². The van der Waals surface area contributed by atoms with Gasteiger partial charge in [0.1, 0.15) is 11.6 Å². The Labute approximate surface area is 105 Å². The van der Waals surface area contributed by atoms with Crippen LogP contribution < -0.4 is 5.73 Å². The van der Waals surface area contributed by atoms with E-state index in [1.54, 1.807) is 6.07 Å². The molecule has 3 N–H and O–H groups in total. The first-order valence-corrected chi connectivity index (χ1v) is 6.11. The van der Waals surface area contributed by atoms with E-state index in [1.165, 1.54) is 0 Å². The van der Waals surface area contributed by atoms with Crippen molar-refractivity contribution in [2.75, 3.05) is 5.73 Å². The van der Waals surface area contributed by atoms with Crippen LogP contribution in [0.3, 0.4) is 0 Å². The van der Waals surface area contributed by atoms with Crippen molar-refractivity contribution in [2.24, 2.45) is 5.92 Å². The highest BCUT2D eigenvalue weighted by atomic mass is 16.3. The molecule has 94 valence electrons. The predicted octanol–water partition coefficient (Wildman–Crippen LogP) is 1.54. The van der Waals surface area contributed by atoms with Crippen LogP contribution in [-0.4, -0.2) is 19.9 Å². The average Bonchev–Trinajstić information content (AvgIpc) is 2.67. The van der Waals surface area contributed by atoms with Gasteiger partial charge < -0.3 is 10.8 Å². The lowest BCUT2D eigenvalue weighted by Gasteiger charge is -2.29. The van der Waals surface area contributed by atoms with E-state index in [9.17, 15) is 5.11 Å². The van der Waals surface area contributed by atoms with Gasteiger partial charge in [-0.2, -0.15) is 4.98 Å². The molecule has 0 fully saturated rings. The summed E-state index contributed by atoms with van der Waals surface area (Å²) in [6.07, 6.45) is 0.866. The van der Waals surface area contributed by atoms with E-state index < -0.39 is 0 Å². The fourth-order valence-corrected chi connectivity index (χ4v) is 2.68. The van der Waals surface area contributed by atoms with E-state index in [1.807, 2.05) is 22.9 Å². The van der Waals surface area contributed by atoms with E-state index in [4.69, 9.17) is 5.73 Å². The summed E-state index contributed by atoms with van der Waals surface area (Å²) in [6, 6.07) is 7.44. The zero-order valence-corrected chi connectivity index (χ0v) is 10.2. The van der Waals surface area contributed by atoms with Crippen molar-refractivity contribution in [3.8, 4) is 5.75 Å². The number of fused-ring (bicyclic) bond motifs is 1. The Morgan fingerprint density at radius 2 is 2.28 bits per heavy atom. The Kier molecular flexibility index (Phi) is 2.47. The van der Waals surface area contributed by atoms with Crippen molar-refractivity contribution in [3.63, 3.8) is 0 Å². The molecule has 0 amide bonds. The van der Waals surface area contributed by atoms with Gasteiger partial charge in [0.05, 0.1) is 6.54 Å². The minimum atomic E-state index is 0.309. The van der Waals surface area contributed by atoms with E-state index in [0.29, 0.717) is 23.5 Å². The Morgan fingerprint density at radius 1 is 1.44 bits per heavy atom. The van der Waals surface area contributed by atoms with Crippen LogP contribution in [0.15, 0.2) is 24.3 Å². The molecule has 0 aliphatic carbocycles. The first kappa shape index (κ1) is 11.1.